The van der Waals surface area contributed by atoms with Crippen LogP contribution in [-0.2, 0) is 11.2 Å². The van der Waals surface area contributed by atoms with E-state index < -0.39 is 11.7 Å². The van der Waals surface area contributed by atoms with Crippen molar-refractivity contribution in [2.24, 2.45) is 17.7 Å². The van der Waals surface area contributed by atoms with E-state index in [1.807, 2.05) is 23.1 Å². The number of likely N-dealkylation sites (tertiary alicyclic amines) is 1. The van der Waals surface area contributed by atoms with Crippen LogP contribution >= 0.6 is 0 Å². The number of hydrogen-bond acceptors (Lipinski definition) is 9. The fourth-order valence-electron chi connectivity index (χ4n) is 5.78. The number of carbonyl (C=O) groups excluding carboxylic acids is 2. The molecule has 4 aromatic rings. The SMILES string of the molecule is CNC(=O)c1c(F)cnc2c(C(C)[C@H](C)CN(N)c3cc(-c4cnc(CC5CCN(C(C)=O)CC5)nc4)ncn3)cccc12. The van der Waals surface area contributed by atoms with Crippen LogP contribution in [0.2, 0.25) is 0 Å². The standard InChI is InChI=1S/C32H38FN9O2/c1-19(20(2)24-6-5-7-25-30(32(44)35-4)26(33)16-38-31(24)25)17-42(34)29-13-27(39-18-40-29)23-14-36-28(37-15-23)12-22-8-10-41(11-9-22)21(3)43/h5-7,13-16,18-20,22H,8-12,17,34H2,1-4H3,(H,35,44)/t19-,20?/m1/s1. The molecule has 1 saturated heterocycles. The van der Waals surface area contributed by atoms with E-state index in [9.17, 15) is 14.0 Å². The van der Waals surface area contributed by atoms with Crippen LogP contribution in [0.1, 0.15) is 61.3 Å². The highest BCUT2D eigenvalue weighted by molar-refractivity contribution is 6.06. The average molecular weight is 600 g/mol. The Kier molecular flexibility index (Phi) is 9.38. The van der Waals surface area contributed by atoms with Crippen molar-refractivity contribution in [3.63, 3.8) is 0 Å². The largest absolute Gasteiger partial charge is 0.355 e. The van der Waals surface area contributed by atoms with Gasteiger partial charge in [-0.3, -0.25) is 19.6 Å². The number of para-hydroxylation sites is 1. The van der Waals surface area contributed by atoms with Crippen molar-refractivity contribution in [3.05, 3.63) is 72.0 Å². The van der Waals surface area contributed by atoms with E-state index >= 15 is 0 Å². The van der Waals surface area contributed by atoms with E-state index in [4.69, 9.17) is 5.84 Å². The summed E-state index contributed by atoms with van der Waals surface area (Å²) in [5.41, 5.74) is 2.90. The van der Waals surface area contributed by atoms with Gasteiger partial charge < -0.3 is 10.2 Å². The normalized spacial score (nSPS) is 15.2. The number of nitrogens with two attached hydrogens (primary N) is 1. The maximum Gasteiger partial charge on any atom is 0.254 e. The van der Waals surface area contributed by atoms with Gasteiger partial charge in [0.05, 0.1) is 23.0 Å². The van der Waals surface area contributed by atoms with Crippen LogP contribution in [0.15, 0.2) is 49.2 Å². The number of piperidine rings is 1. The summed E-state index contributed by atoms with van der Waals surface area (Å²) in [6, 6.07) is 7.29. The highest BCUT2D eigenvalue weighted by Crippen LogP contribution is 2.32. The molecule has 12 heteroatoms. The van der Waals surface area contributed by atoms with Gasteiger partial charge in [0.1, 0.15) is 18.0 Å². The molecule has 5 rings (SSSR count). The van der Waals surface area contributed by atoms with E-state index in [2.05, 4.69) is 44.1 Å². The maximum atomic E-state index is 14.5. The third-order valence-electron chi connectivity index (χ3n) is 8.64. The van der Waals surface area contributed by atoms with Gasteiger partial charge >= 0.3 is 0 Å². The van der Waals surface area contributed by atoms with Gasteiger partial charge in [-0.2, -0.15) is 0 Å². The van der Waals surface area contributed by atoms with Crippen LogP contribution in [0.3, 0.4) is 0 Å². The van der Waals surface area contributed by atoms with E-state index in [1.54, 1.807) is 30.4 Å². The molecular weight excluding hydrogens is 561 g/mol. The first-order chi connectivity index (χ1) is 21.2. The first kappa shape index (κ1) is 30.9. The second kappa shape index (κ2) is 13.4. The highest BCUT2D eigenvalue weighted by atomic mass is 19.1. The number of hydrogen-bond donors (Lipinski definition) is 2. The molecular formula is C32H38FN9O2. The Balaban J connectivity index is 1.26. The summed E-state index contributed by atoms with van der Waals surface area (Å²) in [5.74, 6) is 7.30. The predicted octanol–water partition coefficient (Wildman–Crippen LogP) is 3.90. The Morgan fingerprint density at radius 2 is 1.82 bits per heavy atom. The lowest BCUT2D eigenvalue weighted by Crippen LogP contribution is -2.37. The number of pyridine rings is 1. The minimum absolute atomic E-state index is 0.0137. The van der Waals surface area contributed by atoms with Crippen molar-refractivity contribution in [1.29, 1.82) is 0 Å². The molecule has 1 aromatic carbocycles. The number of halogens is 1. The van der Waals surface area contributed by atoms with Crippen molar-refractivity contribution in [3.8, 4) is 11.3 Å². The Hall–Kier alpha value is -4.58. The third-order valence-corrected chi connectivity index (χ3v) is 8.64. The molecule has 1 unspecified atom stereocenters. The zero-order chi connectivity index (χ0) is 31.4. The summed E-state index contributed by atoms with van der Waals surface area (Å²) in [6.45, 7) is 7.79. The van der Waals surface area contributed by atoms with Gasteiger partial charge in [-0.25, -0.2) is 30.2 Å². The van der Waals surface area contributed by atoms with Crippen molar-refractivity contribution >= 4 is 28.5 Å². The van der Waals surface area contributed by atoms with Gasteiger partial charge in [0, 0.05) is 69.4 Å². The smallest absolute Gasteiger partial charge is 0.254 e. The molecule has 0 aliphatic carbocycles. The quantitative estimate of drug-likeness (QED) is 0.216. The second-order valence-corrected chi connectivity index (χ2v) is 11.5. The lowest BCUT2D eigenvalue weighted by Gasteiger charge is -2.30. The molecule has 3 aromatic heterocycles. The fraction of sp³-hybridized carbons (Fsp3) is 0.406. The first-order valence-electron chi connectivity index (χ1n) is 14.9. The number of amides is 2. The van der Waals surface area contributed by atoms with Gasteiger partial charge in [-0.15, -0.1) is 0 Å². The Bertz CT molecular complexity index is 1640. The zero-order valence-corrected chi connectivity index (χ0v) is 25.5. The van der Waals surface area contributed by atoms with E-state index in [0.717, 1.165) is 55.5 Å². The molecule has 0 bridgehead atoms. The van der Waals surface area contributed by atoms with Crippen molar-refractivity contribution in [1.82, 2.24) is 35.1 Å². The molecule has 3 N–H and O–H groups in total. The highest BCUT2D eigenvalue weighted by Gasteiger charge is 2.24. The van der Waals surface area contributed by atoms with Gasteiger partial charge in [-0.1, -0.05) is 32.0 Å². The molecule has 0 radical (unpaired) electrons. The maximum absolute atomic E-state index is 14.5. The lowest BCUT2D eigenvalue weighted by atomic mass is 9.86. The zero-order valence-electron chi connectivity index (χ0n) is 25.5. The minimum Gasteiger partial charge on any atom is -0.355 e. The number of hydrazine groups is 1. The second-order valence-electron chi connectivity index (χ2n) is 11.5. The molecule has 11 nitrogen and oxygen atoms in total. The number of anilines is 1. The van der Waals surface area contributed by atoms with Crippen LogP contribution in [-0.4, -0.2) is 68.3 Å². The number of benzene rings is 1. The lowest BCUT2D eigenvalue weighted by molar-refractivity contribution is -0.130. The molecule has 44 heavy (non-hydrogen) atoms. The molecule has 0 saturated carbocycles. The molecule has 0 spiro atoms. The van der Waals surface area contributed by atoms with Crippen LogP contribution in [0.25, 0.3) is 22.2 Å². The number of carbonyl (C=O) groups is 2. The predicted molar refractivity (Wildman–Crippen MR) is 166 cm³/mol. The molecule has 2 amide bonds. The summed E-state index contributed by atoms with van der Waals surface area (Å²) in [7, 11) is 1.47. The van der Waals surface area contributed by atoms with Gasteiger partial charge in [-0.05, 0) is 36.2 Å². The molecule has 4 heterocycles. The van der Waals surface area contributed by atoms with Gasteiger partial charge in [0.2, 0.25) is 5.91 Å². The number of aromatic nitrogens is 5. The monoisotopic (exact) mass is 599 g/mol. The summed E-state index contributed by atoms with van der Waals surface area (Å²) >= 11 is 0. The Labute approximate surface area is 256 Å². The van der Waals surface area contributed by atoms with Crippen LogP contribution in [0, 0.1) is 17.7 Å². The number of nitrogens with one attached hydrogen (secondary N) is 1. The molecule has 1 fully saturated rings. The average Bonchev–Trinajstić information content (AvgIpc) is 3.04. The van der Waals surface area contributed by atoms with Crippen LogP contribution in [0.4, 0.5) is 10.2 Å². The summed E-state index contributed by atoms with van der Waals surface area (Å²) < 4.78 is 14.5. The number of nitrogens with zero attached hydrogens (tertiary/aromatic N) is 7. The van der Waals surface area contributed by atoms with Crippen LogP contribution in [0.5, 0.6) is 0 Å². The summed E-state index contributed by atoms with van der Waals surface area (Å²) in [5, 5.41) is 4.57. The molecule has 2 atom stereocenters. The minimum atomic E-state index is -0.658. The first-order valence-corrected chi connectivity index (χ1v) is 14.9. The third kappa shape index (κ3) is 6.65. The fourth-order valence-corrected chi connectivity index (χ4v) is 5.78. The topological polar surface area (TPSA) is 143 Å². The van der Waals surface area contributed by atoms with Gasteiger partial charge in [0.25, 0.3) is 5.91 Å². The Morgan fingerprint density at radius 3 is 2.50 bits per heavy atom. The van der Waals surface area contributed by atoms with E-state index in [1.165, 1.54) is 13.4 Å². The van der Waals surface area contributed by atoms with E-state index in [-0.39, 0.29) is 23.3 Å². The Morgan fingerprint density at radius 1 is 1.09 bits per heavy atom. The van der Waals surface area contributed by atoms with Gasteiger partial charge in [0.15, 0.2) is 5.82 Å². The molecule has 1 aliphatic heterocycles. The number of rotatable bonds is 9. The number of fused-ring (bicyclic) bond motifs is 1. The summed E-state index contributed by atoms with van der Waals surface area (Å²) in [4.78, 5) is 48.2. The molecule has 1 aliphatic rings. The summed E-state index contributed by atoms with van der Waals surface area (Å²) in [6.07, 6.45) is 8.80. The van der Waals surface area contributed by atoms with E-state index in [0.29, 0.717) is 34.9 Å². The van der Waals surface area contributed by atoms with Crippen molar-refractivity contribution in [2.45, 2.75) is 46.0 Å². The van der Waals surface area contributed by atoms with Crippen LogP contribution < -0.4 is 16.2 Å². The van der Waals surface area contributed by atoms with Crippen molar-refractivity contribution < 1.29 is 14.0 Å². The van der Waals surface area contributed by atoms with Crippen molar-refractivity contribution in [2.75, 3.05) is 31.7 Å². The molecule has 230 valence electrons.